The summed E-state index contributed by atoms with van der Waals surface area (Å²) in [5, 5.41) is 14.2. The number of imidazole rings is 1. The Labute approximate surface area is 126 Å². The van der Waals surface area contributed by atoms with Crippen LogP contribution in [0.5, 0.6) is 0 Å². The zero-order valence-electron chi connectivity index (χ0n) is 12.0. The molecule has 0 bridgehead atoms. The van der Waals surface area contributed by atoms with Gasteiger partial charge in [0.1, 0.15) is 5.82 Å². The van der Waals surface area contributed by atoms with E-state index in [2.05, 4.69) is 20.3 Å². The zero-order valence-corrected chi connectivity index (χ0v) is 12.0. The number of rotatable bonds is 5. The number of hydrogen-bond donors (Lipinski definition) is 2. The first kappa shape index (κ1) is 14.0. The van der Waals surface area contributed by atoms with E-state index in [4.69, 9.17) is 0 Å². The molecule has 0 saturated heterocycles. The minimum absolute atomic E-state index is 0.0444. The van der Waals surface area contributed by atoms with Crippen molar-refractivity contribution in [2.75, 3.05) is 5.32 Å². The minimum Gasteiger partial charge on any atom is -0.354 e. The molecule has 7 nitrogen and oxygen atoms in total. The summed E-state index contributed by atoms with van der Waals surface area (Å²) >= 11 is 0. The van der Waals surface area contributed by atoms with Gasteiger partial charge < -0.3 is 10.3 Å². The number of nitrogens with zero attached hydrogens (tertiary/aromatic N) is 3. The smallest absolute Gasteiger partial charge is 0.311 e. The van der Waals surface area contributed by atoms with Crippen LogP contribution in [-0.4, -0.2) is 19.9 Å². The number of nitrogens with one attached hydrogen (secondary N) is 2. The molecule has 112 valence electrons. The molecule has 0 aliphatic rings. The molecule has 0 fully saturated rings. The summed E-state index contributed by atoms with van der Waals surface area (Å²) in [7, 11) is 0. The Hall–Kier alpha value is -2.96. The lowest BCUT2D eigenvalue weighted by Crippen LogP contribution is -2.13. The first-order valence-corrected chi connectivity index (χ1v) is 6.99. The average molecular weight is 297 g/mol. The molecule has 0 aliphatic heterocycles. The summed E-state index contributed by atoms with van der Waals surface area (Å²) in [4.78, 5) is 22.5. The third-order valence-electron chi connectivity index (χ3n) is 3.44. The van der Waals surface area contributed by atoms with Crippen LogP contribution in [0.15, 0.2) is 42.6 Å². The second-order valence-electron chi connectivity index (χ2n) is 4.87. The van der Waals surface area contributed by atoms with E-state index < -0.39 is 4.92 Å². The Morgan fingerprint density at radius 1 is 1.32 bits per heavy atom. The molecule has 2 heterocycles. The van der Waals surface area contributed by atoms with Crippen LogP contribution >= 0.6 is 0 Å². The number of anilines is 1. The SMILES string of the molecule is CC[C@@H](Nc1ncccc1[N+](=O)[O-])c1nc2ccccc2[nH]1. The number of hydrogen-bond acceptors (Lipinski definition) is 5. The molecule has 1 aromatic carbocycles. The van der Waals surface area contributed by atoms with Crippen LogP contribution < -0.4 is 5.32 Å². The first-order valence-electron chi connectivity index (χ1n) is 6.99. The monoisotopic (exact) mass is 297 g/mol. The highest BCUT2D eigenvalue weighted by atomic mass is 16.6. The summed E-state index contributed by atoms with van der Waals surface area (Å²) < 4.78 is 0. The first-order chi connectivity index (χ1) is 10.7. The van der Waals surface area contributed by atoms with Crippen molar-refractivity contribution in [2.24, 2.45) is 0 Å². The molecule has 0 unspecified atom stereocenters. The van der Waals surface area contributed by atoms with Crippen molar-refractivity contribution in [3.8, 4) is 0 Å². The van der Waals surface area contributed by atoms with Crippen molar-refractivity contribution >= 4 is 22.5 Å². The van der Waals surface area contributed by atoms with Crippen LogP contribution in [0.2, 0.25) is 0 Å². The molecule has 22 heavy (non-hydrogen) atoms. The fraction of sp³-hybridized carbons (Fsp3) is 0.200. The topological polar surface area (TPSA) is 96.7 Å². The molecule has 0 radical (unpaired) electrons. The van der Waals surface area contributed by atoms with Crippen molar-refractivity contribution in [1.82, 2.24) is 15.0 Å². The summed E-state index contributed by atoms with van der Waals surface area (Å²) in [6.07, 6.45) is 2.24. The van der Waals surface area contributed by atoms with Gasteiger partial charge in [0.2, 0.25) is 5.82 Å². The molecular weight excluding hydrogens is 282 g/mol. The highest BCUT2D eigenvalue weighted by Crippen LogP contribution is 2.27. The number of fused-ring (bicyclic) bond motifs is 1. The molecular formula is C15H15N5O2. The van der Waals surface area contributed by atoms with Gasteiger partial charge >= 0.3 is 5.69 Å². The summed E-state index contributed by atoms with van der Waals surface area (Å²) in [5.74, 6) is 0.989. The highest BCUT2D eigenvalue weighted by molar-refractivity contribution is 5.75. The van der Waals surface area contributed by atoms with Crippen molar-refractivity contribution < 1.29 is 4.92 Å². The number of benzene rings is 1. The fourth-order valence-corrected chi connectivity index (χ4v) is 2.32. The lowest BCUT2D eigenvalue weighted by atomic mass is 10.2. The van der Waals surface area contributed by atoms with Gasteiger partial charge in [0.15, 0.2) is 0 Å². The standard InChI is InChI=1S/C15H15N5O2/c1-2-10(14-18-11-6-3-4-7-12(11)19-14)17-15-13(20(21)22)8-5-9-16-15/h3-10H,2H2,1H3,(H,16,17)(H,18,19)/t10-/m1/s1. The number of H-pyrrole nitrogens is 1. The molecule has 1 atom stereocenters. The Kier molecular flexibility index (Phi) is 3.69. The number of pyridine rings is 1. The van der Waals surface area contributed by atoms with Crippen molar-refractivity contribution in [3.05, 3.63) is 58.5 Å². The van der Waals surface area contributed by atoms with Gasteiger partial charge in [-0.3, -0.25) is 10.1 Å². The molecule has 3 rings (SSSR count). The maximum atomic E-state index is 11.1. The lowest BCUT2D eigenvalue weighted by molar-refractivity contribution is -0.384. The van der Waals surface area contributed by atoms with E-state index in [0.717, 1.165) is 16.9 Å². The van der Waals surface area contributed by atoms with Crippen LogP contribution in [0.3, 0.4) is 0 Å². The molecule has 2 aromatic heterocycles. The number of para-hydroxylation sites is 2. The third-order valence-corrected chi connectivity index (χ3v) is 3.44. The average Bonchev–Trinajstić information content (AvgIpc) is 2.96. The Balaban J connectivity index is 1.93. The van der Waals surface area contributed by atoms with E-state index in [1.54, 1.807) is 6.07 Å². The summed E-state index contributed by atoms with van der Waals surface area (Å²) in [6.45, 7) is 1.99. The number of aromatic amines is 1. The maximum Gasteiger partial charge on any atom is 0.311 e. The molecule has 0 saturated carbocycles. The predicted molar refractivity (Wildman–Crippen MR) is 83.6 cm³/mol. The van der Waals surface area contributed by atoms with Crippen LogP contribution in [0.25, 0.3) is 11.0 Å². The highest BCUT2D eigenvalue weighted by Gasteiger charge is 2.20. The van der Waals surface area contributed by atoms with Gasteiger partial charge in [-0.25, -0.2) is 9.97 Å². The summed E-state index contributed by atoms with van der Waals surface area (Å²) in [5.41, 5.74) is 1.76. The van der Waals surface area contributed by atoms with Crippen LogP contribution in [0, 0.1) is 10.1 Å². The van der Waals surface area contributed by atoms with Crippen molar-refractivity contribution in [1.29, 1.82) is 0 Å². The van der Waals surface area contributed by atoms with E-state index in [0.29, 0.717) is 6.42 Å². The minimum atomic E-state index is -0.444. The van der Waals surface area contributed by atoms with E-state index in [9.17, 15) is 10.1 Å². The molecule has 0 amide bonds. The van der Waals surface area contributed by atoms with E-state index >= 15 is 0 Å². The van der Waals surface area contributed by atoms with Crippen LogP contribution in [0.1, 0.15) is 25.2 Å². The van der Waals surface area contributed by atoms with Gasteiger partial charge in [-0.05, 0) is 24.6 Å². The fourth-order valence-electron chi connectivity index (χ4n) is 2.32. The molecule has 2 N–H and O–H groups in total. The van der Waals surface area contributed by atoms with Gasteiger partial charge in [-0.2, -0.15) is 0 Å². The largest absolute Gasteiger partial charge is 0.354 e. The molecule has 3 aromatic rings. The number of aromatic nitrogens is 3. The van der Waals surface area contributed by atoms with Crippen molar-refractivity contribution in [2.45, 2.75) is 19.4 Å². The van der Waals surface area contributed by atoms with Gasteiger partial charge in [0.25, 0.3) is 0 Å². The maximum absolute atomic E-state index is 11.1. The van der Waals surface area contributed by atoms with Crippen LogP contribution in [0.4, 0.5) is 11.5 Å². The Bertz CT molecular complexity index is 781. The predicted octanol–water partition coefficient (Wildman–Crippen LogP) is 3.43. The summed E-state index contributed by atoms with van der Waals surface area (Å²) in [6, 6.07) is 10.5. The third kappa shape index (κ3) is 2.60. The second kappa shape index (κ2) is 5.80. The van der Waals surface area contributed by atoms with E-state index in [1.807, 2.05) is 31.2 Å². The van der Waals surface area contributed by atoms with Gasteiger partial charge in [-0.15, -0.1) is 0 Å². The Morgan fingerprint density at radius 2 is 2.14 bits per heavy atom. The molecule has 7 heteroatoms. The van der Waals surface area contributed by atoms with Crippen molar-refractivity contribution in [3.63, 3.8) is 0 Å². The zero-order chi connectivity index (χ0) is 15.5. The molecule has 0 aliphatic carbocycles. The molecule has 0 spiro atoms. The second-order valence-corrected chi connectivity index (χ2v) is 4.87. The van der Waals surface area contributed by atoms with Crippen LogP contribution in [-0.2, 0) is 0 Å². The normalized spacial score (nSPS) is 12.2. The van der Waals surface area contributed by atoms with E-state index in [-0.39, 0.29) is 17.5 Å². The van der Waals surface area contributed by atoms with Gasteiger partial charge in [0.05, 0.1) is 22.0 Å². The van der Waals surface area contributed by atoms with E-state index in [1.165, 1.54) is 12.3 Å². The Morgan fingerprint density at radius 3 is 2.86 bits per heavy atom. The van der Waals surface area contributed by atoms with Gasteiger partial charge in [-0.1, -0.05) is 19.1 Å². The number of nitro groups is 1. The van der Waals surface area contributed by atoms with Gasteiger partial charge in [0, 0.05) is 12.3 Å². The lowest BCUT2D eigenvalue weighted by Gasteiger charge is -2.14. The quantitative estimate of drug-likeness (QED) is 0.555.